The molecule has 6 rings (SSSR count). The number of aromatic amines is 1. The van der Waals surface area contributed by atoms with Gasteiger partial charge in [-0.15, -0.1) is 0 Å². The van der Waals surface area contributed by atoms with Gasteiger partial charge in [0, 0.05) is 27.9 Å². The Morgan fingerprint density at radius 1 is 0.900 bits per heavy atom. The summed E-state index contributed by atoms with van der Waals surface area (Å²) in [4.78, 5) is 42.5. The van der Waals surface area contributed by atoms with Crippen LogP contribution in [0, 0.1) is 5.92 Å². The lowest BCUT2D eigenvalue weighted by Gasteiger charge is -2.30. The molecular formula is C22H15N3O3S2. The normalized spacial score (nSPS) is 22.7. The molecular weight excluding hydrogens is 418 g/mol. The number of hydrogen-bond acceptors (Lipinski definition) is 5. The Labute approximate surface area is 178 Å². The zero-order valence-corrected chi connectivity index (χ0v) is 17.1. The minimum absolute atomic E-state index is 0.114. The van der Waals surface area contributed by atoms with Crippen LogP contribution in [0.4, 0.5) is 0 Å². The first kappa shape index (κ1) is 17.7. The summed E-state index contributed by atoms with van der Waals surface area (Å²) in [6, 6.07) is 17.3. The van der Waals surface area contributed by atoms with Crippen molar-refractivity contribution in [3.05, 3.63) is 80.9 Å². The van der Waals surface area contributed by atoms with E-state index in [9.17, 15) is 14.4 Å². The number of imide groups is 1. The molecule has 0 radical (unpaired) electrons. The summed E-state index contributed by atoms with van der Waals surface area (Å²) in [7, 11) is 0. The fourth-order valence-electron chi connectivity index (χ4n) is 4.48. The van der Waals surface area contributed by atoms with E-state index in [0.717, 1.165) is 43.4 Å². The third kappa shape index (κ3) is 2.41. The van der Waals surface area contributed by atoms with Gasteiger partial charge < -0.3 is 4.98 Å². The lowest BCUT2D eigenvalue weighted by atomic mass is 9.83. The van der Waals surface area contributed by atoms with Crippen molar-refractivity contribution in [2.24, 2.45) is 5.92 Å². The smallest absolute Gasteiger partial charge is 0.312 e. The molecule has 2 N–H and O–H groups in total. The van der Waals surface area contributed by atoms with Crippen molar-refractivity contribution in [2.75, 3.05) is 0 Å². The molecule has 0 aliphatic carbocycles. The first-order valence-electron chi connectivity index (χ1n) is 9.52. The Morgan fingerprint density at radius 3 is 2.50 bits per heavy atom. The summed E-state index contributed by atoms with van der Waals surface area (Å²) in [5.41, 5.74) is 2.66. The second kappa shape index (κ2) is 6.45. The fraction of sp³-hybridized carbons (Fsp3) is 0.136. The van der Waals surface area contributed by atoms with Gasteiger partial charge in [-0.3, -0.25) is 24.3 Å². The summed E-state index contributed by atoms with van der Waals surface area (Å²) in [5.74, 6) is -1.47. The molecule has 1 saturated heterocycles. The van der Waals surface area contributed by atoms with E-state index in [-0.39, 0.29) is 22.6 Å². The van der Waals surface area contributed by atoms with Crippen molar-refractivity contribution in [1.82, 2.24) is 14.9 Å². The molecule has 0 saturated carbocycles. The first-order valence-corrected chi connectivity index (χ1v) is 11.2. The van der Waals surface area contributed by atoms with Crippen LogP contribution in [0.2, 0.25) is 0 Å². The minimum Gasteiger partial charge on any atom is -0.361 e. The van der Waals surface area contributed by atoms with Gasteiger partial charge in [-0.05, 0) is 23.8 Å². The number of carbonyl (C=O) groups is 2. The molecule has 0 bridgehead atoms. The summed E-state index contributed by atoms with van der Waals surface area (Å²) < 4.78 is 1.67. The molecule has 4 heterocycles. The van der Waals surface area contributed by atoms with Crippen molar-refractivity contribution in [3.63, 3.8) is 0 Å². The van der Waals surface area contributed by atoms with Crippen molar-refractivity contribution < 1.29 is 9.59 Å². The zero-order chi connectivity index (χ0) is 20.4. The van der Waals surface area contributed by atoms with Crippen molar-refractivity contribution in [3.8, 4) is 5.69 Å². The van der Waals surface area contributed by atoms with E-state index in [1.165, 1.54) is 11.8 Å². The van der Waals surface area contributed by atoms with Gasteiger partial charge in [0.15, 0.2) is 0 Å². The predicted octanol–water partition coefficient (Wildman–Crippen LogP) is 3.26. The van der Waals surface area contributed by atoms with Gasteiger partial charge in [-0.2, -0.15) is 0 Å². The average Bonchev–Trinajstić information content (AvgIpc) is 3.41. The number of rotatable bonds is 2. The topological polar surface area (TPSA) is 84.0 Å². The maximum atomic E-state index is 13.0. The van der Waals surface area contributed by atoms with E-state index in [1.807, 2.05) is 60.8 Å². The van der Waals surface area contributed by atoms with E-state index < -0.39 is 11.2 Å². The van der Waals surface area contributed by atoms with Crippen LogP contribution in [0.5, 0.6) is 0 Å². The predicted molar refractivity (Wildman–Crippen MR) is 116 cm³/mol. The van der Waals surface area contributed by atoms with Gasteiger partial charge in [-0.1, -0.05) is 59.5 Å². The van der Waals surface area contributed by atoms with Crippen LogP contribution in [0.15, 0.2) is 70.6 Å². The van der Waals surface area contributed by atoms with Gasteiger partial charge in [0.2, 0.25) is 11.8 Å². The molecule has 8 heteroatoms. The van der Waals surface area contributed by atoms with Crippen LogP contribution in [0.1, 0.15) is 16.4 Å². The molecule has 0 unspecified atom stereocenters. The molecule has 1 fully saturated rings. The highest BCUT2D eigenvalue weighted by molar-refractivity contribution is 8.00. The maximum Gasteiger partial charge on any atom is 0.312 e. The average molecular weight is 434 g/mol. The monoisotopic (exact) mass is 433 g/mol. The molecule has 6 nitrogen and oxygen atoms in total. The number of amides is 2. The van der Waals surface area contributed by atoms with E-state index in [4.69, 9.17) is 0 Å². The van der Waals surface area contributed by atoms with Crippen LogP contribution in [0.3, 0.4) is 0 Å². The Morgan fingerprint density at radius 2 is 1.67 bits per heavy atom. The standard InChI is InChI=1S/C22H15N3O3S2/c26-19-16-15(13-10-23-14-9-5-4-8-12(13)14)18-21(29-17(16)20(27)24-19)25(22(28)30-18)11-6-2-1-3-7-11/h1-10,15-17,23H,(H,24,26,27)/t15-,16-,17+/m0/s1. The number of nitrogens with one attached hydrogen (secondary N) is 2. The Bertz CT molecular complexity index is 1390. The summed E-state index contributed by atoms with van der Waals surface area (Å²) in [5, 5.41) is 3.69. The third-order valence-corrected chi connectivity index (χ3v) is 8.32. The number of nitrogens with zero attached hydrogens (tertiary/aromatic N) is 1. The van der Waals surface area contributed by atoms with E-state index >= 15 is 0 Å². The molecule has 0 spiro atoms. The quantitative estimate of drug-likeness (QED) is 0.476. The zero-order valence-electron chi connectivity index (χ0n) is 15.5. The fourth-order valence-corrected chi connectivity index (χ4v) is 7.24. The van der Waals surface area contributed by atoms with Crippen molar-refractivity contribution in [2.45, 2.75) is 16.2 Å². The highest BCUT2D eigenvalue weighted by Crippen LogP contribution is 2.53. The SMILES string of the molecule is O=C1NC(=O)[C@@H]2Sc3c(sc(=O)n3-c3ccccc3)[C@@H](c3c[nH]c4ccccc34)[C@H]12. The molecule has 2 aromatic carbocycles. The molecule has 2 aromatic heterocycles. The number of hydrogen-bond donors (Lipinski definition) is 2. The lowest BCUT2D eigenvalue weighted by molar-refractivity contribution is -0.125. The number of aromatic nitrogens is 2. The number of para-hydroxylation sites is 2. The van der Waals surface area contributed by atoms with E-state index in [2.05, 4.69) is 10.3 Å². The van der Waals surface area contributed by atoms with Crippen LogP contribution >= 0.6 is 23.1 Å². The second-order valence-corrected chi connectivity index (χ2v) is 9.52. The molecule has 148 valence electrons. The number of carbonyl (C=O) groups excluding carboxylic acids is 2. The Kier molecular flexibility index (Phi) is 3.81. The van der Waals surface area contributed by atoms with Gasteiger partial charge in [0.25, 0.3) is 0 Å². The summed E-state index contributed by atoms with van der Waals surface area (Å²) >= 11 is 2.48. The largest absolute Gasteiger partial charge is 0.361 e. The highest BCUT2D eigenvalue weighted by atomic mass is 32.2. The van der Waals surface area contributed by atoms with Crippen LogP contribution in [0.25, 0.3) is 16.6 Å². The molecule has 4 aromatic rings. The number of benzene rings is 2. The van der Waals surface area contributed by atoms with Gasteiger partial charge in [-0.25, -0.2) is 0 Å². The van der Waals surface area contributed by atoms with E-state index in [0.29, 0.717) is 0 Å². The number of thiazole rings is 1. The second-order valence-electron chi connectivity index (χ2n) is 7.39. The molecule has 2 aliphatic heterocycles. The maximum absolute atomic E-state index is 13.0. The first-order chi connectivity index (χ1) is 14.6. The third-order valence-electron chi connectivity index (χ3n) is 5.78. The number of H-pyrrole nitrogens is 1. The van der Waals surface area contributed by atoms with E-state index in [1.54, 1.807) is 4.57 Å². The highest BCUT2D eigenvalue weighted by Gasteiger charge is 2.53. The molecule has 2 amide bonds. The van der Waals surface area contributed by atoms with Gasteiger partial charge >= 0.3 is 4.87 Å². The molecule has 2 aliphatic rings. The van der Waals surface area contributed by atoms with Crippen LogP contribution < -0.4 is 10.2 Å². The minimum atomic E-state index is -0.562. The molecule has 3 atom stereocenters. The van der Waals surface area contributed by atoms with Crippen molar-refractivity contribution in [1.29, 1.82) is 0 Å². The lowest BCUT2D eigenvalue weighted by Crippen LogP contribution is -2.31. The Balaban J connectivity index is 1.64. The number of fused-ring (bicyclic) bond motifs is 3. The summed E-state index contributed by atoms with van der Waals surface area (Å²) in [6.45, 7) is 0. The van der Waals surface area contributed by atoms with Gasteiger partial charge in [0.05, 0.1) is 16.6 Å². The number of thioether (sulfide) groups is 1. The summed E-state index contributed by atoms with van der Waals surface area (Å²) in [6.07, 6.45) is 1.90. The Hall–Kier alpha value is -3.10. The molecule has 30 heavy (non-hydrogen) atoms. The van der Waals surface area contributed by atoms with Crippen LogP contribution in [-0.4, -0.2) is 26.6 Å². The van der Waals surface area contributed by atoms with Gasteiger partial charge in [0.1, 0.15) is 5.25 Å². The van der Waals surface area contributed by atoms with Crippen molar-refractivity contribution >= 4 is 45.8 Å². The van der Waals surface area contributed by atoms with Crippen LogP contribution in [-0.2, 0) is 9.59 Å².